The topological polar surface area (TPSA) is 34.1 Å². The summed E-state index contributed by atoms with van der Waals surface area (Å²) in [6, 6.07) is 14.4. The van der Waals surface area contributed by atoms with Crippen LogP contribution in [0, 0.1) is 6.92 Å². The van der Waals surface area contributed by atoms with Gasteiger partial charge in [-0.05, 0) is 13.0 Å². The molecule has 0 amide bonds. The fraction of sp³-hybridized carbons (Fsp3) is 0.125. The number of rotatable bonds is 4. The van der Waals surface area contributed by atoms with Crippen LogP contribution in [0.4, 0.5) is 0 Å². The Bertz CT molecular complexity index is 615. The number of aryl methyl sites for hydroxylation is 1. The van der Waals surface area contributed by atoms with Gasteiger partial charge in [0, 0.05) is 15.6 Å². The van der Waals surface area contributed by atoms with Crippen molar-refractivity contribution in [2.75, 3.05) is 0 Å². The maximum absolute atomic E-state index is 12.1. The highest BCUT2D eigenvalue weighted by atomic mass is 79.9. The molecule has 2 nitrogen and oxygen atoms in total. The van der Waals surface area contributed by atoms with Gasteiger partial charge in [-0.2, -0.15) is 0 Å². The SMILES string of the molecule is Cc1ccc(C(=O)CC(=O)c2ccccc2Br)cc1. The molecule has 0 saturated carbocycles. The lowest BCUT2D eigenvalue weighted by atomic mass is 10.0. The normalized spacial score (nSPS) is 10.2. The van der Waals surface area contributed by atoms with Gasteiger partial charge in [-0.3, -0.25) is 9.59 Å². The predicted octanol–water partition coefficient (Wildman–Crippen LogP) is 4.21. The average Bonchev–Trinajstić information content (AvgIpc) is 2.39. The van der Waals surface area contributed by atoms with E-state index in [0.717, 1.165) is 10.0 Å². The largest absolute Gasteiger partial charge is 0.294 e. The second kappa shape index (κ2) is 5.93. The van der Waals surface area contributed by atoms with Gasteiger partial charge < -0.3 is 0 Å². The number of Topliss-reactive ketones (excluding diaryl/α,β-unsaturated/α-hetero) is 2. The predicted molar refractivity (Wildman–Crippen MR) is 78.6 cm³/mol. The third-order valence-electron chi connectivity index (χ3n) is 2.87. The van der Waals surface area contributed by atoms with E-state index in [1.807, 2.05) is 25.1 Å². The molecule has 0 aliphatic carbocycles. The first kappa shape index (κ1) is 13.7. The van der Waals surface area contributed by atoms with Gasteiger partial charge in [0.15, 0.2) is 11.6 Å². The van der Waals surface area contributed by atoms with Gasteiger partial charge in [-0.1, -0.05) is 64.0 Å². The lowest BCUT2D eigenvalue weighted by Gasteiger charge is -2.03. The zero-order valence-electron chi connectivity index (χ0n) is 10.5. The number of carbonyl (C=O) groups excluding carboxylic acids is 2. The van der Waals surface area contributed by atoms with Crippen LogP contribution in [0.2, 0.25) is 0 Å². The first-order valence-corrected chi connectivity index (χ1v) is 6.75. The molecule has 3 heteroatoms. The van der Waals surface area contributed by atoms with Crippen molar-refractivity contribution in [3.05, 3.63) is 69.7 Å². The van der Waals surface area contributed by atoms with Crippen LogP contribution in [0.15, 0.2) is 53.0 Å². The maximum atomic E-state index is 12.1. The Morgan fingerprint density at radius 3 is 2.21 bits per heavy atom. The minimum Gasteiger partial charge on any atom is -0.294 e. The fourth-order valence-electron chi connectivity index (χ4n) is 1.77. The van der Waals surface area contributed by atoms with E-state index in [-0.39, 0.29) is 18.0 Å². The molecule has 19 heavy (non-hydrogen) atoms. The molecule has 0 N–H and O–H groups in total. The van der Waals surface area contributed by atoms with Gasteiger partial charge >= 0.3 is 0 Å². The van der Waals surface area contributed by atoms with E-state index in [9.17, 15) is 9.59 Å². The minimum atomic E-state index is -0.168. The summed E-state index contributed by atoms with van der Waals surface area (Å²) in [6.45, 7) is 1.96. The van der Waals surface area contributed by atoms with Crippen molar-refractivity contribution in [1.29, 1.82) is 0 Å². The summed E-state index contributed by atoms with van der Waals surface area (Å²) in [5.74, 6) is -0.321. The molecule has 0 fully saturated rings. The van der Waals surface area contributed by atoms with Crippen molar-refractivity contribution in [3.63, 3.8) is 0 Å². The molecular weight excluding hydrogens is 304 g/mol. The van der Waals surface area contributed by atoms with Crippen molar-refractivity contribution in [2.45, 2.75) is 13.3 Å². The molecule has 0 bridgehead atoms. The van der Waals surface area contributed by atoms with E-state index in [2.05, 4.69) is 15.9 Å². The van der Waals surface area contributed by atoms with Crippen LogP contribution in [0.5, 0.6) is 0 Å². The molecule has 96 valence electrons. The van der Waals surface area contributed by atoms with Gasteiger partial charge in [0.05, 0.1) is 6.42 Å². The fourth-order valence-corrected chi connectivity index (χ4v) is 2.28. The Labute approximate surface area is 120 Å². The Kier molecular flexibility index (Phi) is 4.27. The molecule has 0 aliphatic heterocycles. The monoisotopic (exact) mass is 316 g/mol. The minimum absolute atomic E-state index is 0.105. The summed E-state index contributed by atoms with van der Waals surface area (Å²) < 4.78 is 0.719. The van der Waals surface area contributed by atoms with E-state index in [1.165, 1.54) is 0 Å². The average molecular weight is 317 g/mol. The van der Waals surface area contributed by atoms with Gasteiger partial charge in [0.25, 0.3) is 0 Å². The highest BCUT2D eigenvalue weighted by Gasteiger charge is 2.15. The van der Waals surface area contributed by atoms with Crippen LogP contribution in [0.25, 0.3) is 0 Å². The molecule has 0 aromatic heterocycles. The molecule has 0 spiro atoms. The van der Waals surface area contributed by atoms with E-state index >= 15 is 0 Å². The quantitative estimate of drug-likeness (QED) is 0.625. The number of halogens is 1. The molecule has 2 aromatic rings. The zero-order valence-corrected chi connectivity index (χ0v) is 12.1. The molecule has 0 radical (unpaired) electrons. The second-order valence-corrected chi connectivity index (χ2v) is 5.22. The van der Waals surface area contributed by atoms with Crippen LogP contribution in [-0.4, -0.2) is 11.6 Å². The molecule has 0 aliphatic rings. The van der Waals surface area contributed by atoms with Crippen molar-refractivity contribution in [1.82, 2.24) is 0 Å². The molecule has 0 atom stereocenters. The molecule has 0 unspecified atom stereocenters. The Morgan fingerprint density at radius 1 is 0.947 bits per heavy atom. The van der Waals surface area contributed by atoms with Gasteiger partial charge in [-0.25, -0.2) is 0 Å². The Balaban J connectivity index is 2.13. The third kappa shape index (κ3) is 3.38. The molecule has 0 saturated heterocycles. The lowest BCUT2D eigenvalue weighted by Crippen LogP contribution is -2.09. The van der Waals surface area contributed by atoms with Crippen LogP contribution < -0.4 is 0 Å². The number of hydrogen-bond acceptors (Lipinski definition) is 2. The summed E-state index contributed by atoms with van der Waals surface area (Å²) in [4.78, 5) is 24.1. The van der Waals surface area contributed by atoms with Gasteiger partial charge in [-0.15, -0.1) is 0 Å². The van der Waals surface area contributed by atoms with Crippen molar-refractivity contribution in [2.24, 2.45) is 0 Å². The maximum Gasteiger partial charge on any atom is 0.171 e. The molecule has 2 aromatic carbocycles. The third-order valence-corrected chi connectivity index (χ3v) is 3.56. The summed E-state index contributed by atoms with van der Waals surface area (Å²) in [6.07, 6.45) is -0.105. The van der Waals surface area contributed by atoms with Gasteiger partial charge in [0.1, 0.15) is 0 Å². The second-order valence-electron chi connectivity index (χ2n) is 4.37. The summed E-state index contributed by atoms with van der Waals surface area (Å²) in [5.41, 5.74) is 2.21. The van der Waals surface area contributed by atoms with Crippen LogP contribution in [0.3, 0.4) is 0 Å². The summed E-state index contributed by atoms with van der Waals surface area (Å²) in [7, 11) is 0. The van der Waals surface area contributed by atoms with Crippen molar-refractivity contribution in [3.8, 4) is 0 Å². The van der Waals surface area contributed by atoms with E-state index in [0.29, 0.717) is 11.1 Å². The van der Waals surface area contributed by atoms with Gasteiger partial charge in [0.2, 0.25) is 0 Å². The zero-order chi connectivity index (χ0) is 13.8. The number of carbonyl (C=O) groups is 2. The standard InChI is InChI=1S/C16H13BrO2/c1-11-6-8-12(9-7-11)15(18)10-16(19)13-4-2-3-5-14(13)17/h2-9H,10H2,1H3. The van der Waals surface area contributed by atoms with Crippen LogP contribution in [0.1, 0.15) is 32.7 Å². The van der Waals surface area contributed by atoms with Crippen molar-refractivity contribution < 1.29 is 9.59 Å². The van der Waals surface area contributed by atoms with E-state index < -0.39 is 0 Å². The Hall–Kier alpha value is -1.74. The highest BCUT2D eigenvalue weighted by molar-refractivity contribution is 9.10. The number of benzene rings is 2. The number of hydrogen-bond donors (Lipinski definition) is 0. The van der Waals surface area contributed by atoms with Crippen LogP contribution >= 0.6 is 15.9 Å². The number of ketones is 2. The lowest BCUT2D eigenvalue weighted by molar-refractivity contribution is 0.0894. The first-order valence-electron chi connectivity index (χ1n) is 5.95. The van der Waals surface area contributed by atoms with E-state index in [1.54, 1.807) is 30.3 Å². The summed E-state index contributed by atoms with van der Waals surface area (Å²) >= 11 is 3.32. The van der Waals surface area contributed by atoms with Crippen molar-refractivity contribution >= 4 is 27.5 Å². The first-order chi connectivity index (χ1) is 9.08. The highest BCUT2D eigenvalue weighted by Crippen LogP contribution is 2.18. The smallest absolute Gasteiger partial charge is 0.171 e. The molecule has 2 rings (SSSR count). The Morgan fingerprint density at radius 2 is 1.58 bits per heavy atom. The summed E-state index contributed by atoms with van der Waals surface area (Å²) in [5, 5.41) is 0. The van der Waals surface area contributed by atoms with E-state index in [4.69, 9.17) is 0 Å². The molecular formula is C16H13BrO2. The van der Waals surface area contributed by atoms with Crippen LogP contribution in [-0.2, 0) is 0 Å². The molecule has 0 heterocycles.